The second kappa shape index (κ2) is 4.86. The van der Waals surface area contributed by atoms with Crippen LogP contribution in [0.4, 0.5) is 0 Å². The average molecular weight is 243 g/mol. The Hall–Kier alpha value is -0.380. The monoisotopic (exact) mass is 243 g/mol. The molecule has 0 spiro atoms. The van der Waals surface area contributed by atoms with Gasteiger partial charge in [0.2, 0.25) is 0 Å². The third-order valence-electron chi connectivity index (χ3n) is 2.61. The number of guanidine groups is 1. The van der Waals surface area contributed by atoms with Gasteiger partial charge in [-0.05, 0) is 27.2 Å². The summed E-state index contributed by atoms with van der Waals surface area (Å²) in [7, 11) is 0. The normalized spacial score (nSPS) is 23.1. The topological polar surface area (TPSA) is 41.6 Å². The van der Waals surface area contributed by atoms with E-state index in [9.17, 15) is 0 Å². The van der Waals surface area contributed by atoms with Crippen molar-refractivity contribution in [3.63, 3.8) is 0 Å². The van der Waals surface area contributed by atoms with Gasteiger partial charge >= 0.3 is 0 Å². The van der Waals surface area contributed by atoms with E-state index in [4.69, 9.17) is 5.73 Å². The van der Waals surface area contributed by atoms with Crippen LogP contribution in [0.25, 0.3) is 0 Å². The van der Waals surface area contributed by atoms with Crippen molar-refractivity contribution >= 4 is 17.7 Å². The van der Waals surface area contributed by atoms with Crippen molar-refractivity contribution in [1.82, 2.24) is 4.90 Å². The zero-order valence-electron chi connectivity index (χ0n) is 11.2. The van der Waals surface area contributed by atoms with Crippen LogP contribution in [0.2, 0.25) is 0 Å². The molecule has 0 radical (unpaired) electrons. The summed E-state index contributed by atoms with van der Waals surface area (Å²) in [4.78, 5) is 6.75. The van der Waals surface area contributed by atoms with Crippen molar-refractivity contribution in [3.05, 3.63) is 0 Å². The molecule has 1 aliphatic rings. The largest absolute Gasteiger partial charge is 0.370 e. The molecule has 0 atom stereocenters. The van der Waals surface area contributed by atoms with Crippen LogP contribution >= 0.6 is 11.8 Å². The molecule has 0 saturated carbocycles. The number of rotatable bonds is 0. The third-order valence-corrected chi connectivity index (χ3v) is 3.98. The van der Waals surface area contributed by atoms with Gasteiger partial charge in [0.1, 0.15) is 0 Å². The summed E-state index contributed by atoms with van der Waals surface area (Å²) in [6.07, 6.45) is 1.16. The highest BCUT2D eigenvalue weighted by molar-refractivity contribution is 8.00. The van der Waals surface area contributed by atoms with Crippen molar-refractivity contribution in [1.29, 1.82) is 0 Å². The molecule has 0 amide bonds. The molecule has 1 heterocycles. The van der Waals surface area contributed by atoms with Gasteiger partial charge in [0.05, 0.1) is 5.54 Å². The van der Waals surface area contributed by atoms with Crippen LogP contribution in [-0.2, 0) is 0 Å². The Kier molecular flexibility index (Phi) is 4.16. The molecule has 0 bridgehead atoms. The highest BCUT2D eigenvalue weighted by Crippen LogP contribution is 2.30. The van der Waals surface area contributed by atoms with Crippen LogP contribution in [0.5, 0.6) is 0 Å². The lowest BCUT2D eigenvalue weighted by atomic mass is 10.1. The first-order chi connectivity index (χ1) is 7.20. The van der Waals surface area contributed by atoms with E-state index in [0.717, 1.165) is 25.3 Å². The molecule has 0 aromatic rings. The molecule has 16 heavy (non-hydrogen) atoms. The summed E-state index contributed by atoms with van der Waals surface area (Å²) in [6.45, 7) is 12.9. The predicted octanol–water partition coefficient (Wildman–Crippen LogP) is 2.32. The van der Waals surface area contributed by atoms with Crippen LogP contribution in [0.3, 0.4) is 0 Å². The van der Waals surface area contributed by atoms with Gasteiger partial charge in [-0.1, -0.05) is 13.8 Å². The summed E-state index contributed by atoms with van der Waals surface area (Å²) in [5, 5.41) is 0. The summed E-state index contributed by atoms with van der Waals surface area (Å²) in [6, 6.07) is 0. The van der Waals surface area contributed by atoms with Crippen molar-refractivity contribution in [3.8, 4) is 0 Å². The minimum absolute atomic E-state index is 0.0843. The second-order valence-electron chi connectivity index (χ2n) is 5.99. The Morgan fingerprint density at radius 2 is 1.94 bits per heavy atom. The lowest BCUT2D eigenvalue weighted by Gasteiger charge is -2.25. The van der Waals surface area contributed by atoms with E-state index in [2.05, 4.69) is 44.5 Å². The first kappa shape index (κ1) is 13.7. The first-order valence-electron chi connectivity index (χ1n) is 5.94. The highest BCUT2D eigenvalue weighted by Gasteiger charge is 2.24. The maximum Gasteiger partial charge on any atom is 0.191 e. The van der Waals surface area contributed by atoms with Crippen molar-refractivity contribution in [2.45, 2.75) is 51.3 Å². The number of aliphatic imine (C=N–C) groups is 1. The minimum Gasteiger partial charge on any atom is -0.370 e. The van der Waals surface area contributed by atoms with E-state index in [-0.39, 0.29) is 5.54 Å². The van der Waals surface area contributed by atoms with E-state index < -0.39 is 0 Å². The Balaban J connectivity index is 2.65. The molecule has 1 fully saturated rings. The zero-order chi connectivity index (χ0) is 12.4. The van der Waals surface area contributed by atoms with E-state index in [0.29, 0.717) is 10.7 Å². The maximum absolute atomic E-state index is 6.06. The van der Waals surface area contributed by atoms with Crippen LogP contribution in [0, 0.1) is 0 Å². The molecular formula is C12H25N3S. The minimum atomic E-state index is -0.0843. The third kappa shape index (κ3) is 4.64. The molecule has 0 unspecified atom stereocenters. The molecule has 94 valence electrons. The lowest BCUT2D eigenvalue weighted by Crippen LogP contribution is -2.40. The Morgan fingerprint density at radius 1 is 1.31 bits per heavy atom. The Bertz CT molecular complexity index is 266. The first-order valence-corrected chi connectivity index (χ1v) is 6.92. The van der Waals surface area contributed by atoms with Crippen molar-refractivity contribution in [2.75, 3.05) is 18.8 Å². The van der Waals surface area contributed by atoms with Crippen LogP contribution in [0.15, 0.2) is 4.99 Å². The molecule has 1 saturated heterocycles. The van der Waals surface area contributed by atoms with Crippen molar-refractivity contribution in [2.24, 2.45) is 10.7 Å². The standard InChI is InChI=1S/C12H25N3S/c1-11(2,3)14-10(13)15-7-6-12(4,5)16-9-8-15/h6-9H2,1-5H3,(H2,13,14). The summed E-state index contributed by atoms with van der Waals surface area (Å²) >= 11 is 2.03. The van der Waals surface area contributed by atoms with Gasteiger partial charge < -0.3 is 10.6 Å². The highest BCUT2D eigenvalue weighted by atomic mass is 32.2. The number of hydrogen-bond donors (Lipinski definition) is 1. The average Bonchev–Trinajstić information content (AvgIpc) is 2.23. The van der Waals surface area contributed by atoms with Gasteiger partial charge in [-0.15, -0.1) is 0 Å². The molecule has 0 aromatic heterocycles. The van der Waals surface area contributed by atoms with Crippen molar-refractivity contribution < 1.29 is 0 Å². The fourth-order valence-corrected chi connectivity index (χ4v) is 2.76. The van der Waals surface area contributed by atoms with Gasteiger partial charge in [0, 0.05) is 23.6 Å². The number of nitrogens with two attached hydrogens (primary N) is 1. The molecule has 2 N–H and O–H groups in total. The van der Waals surface area contributed by atoms with Crippen LogP contribution in [-0.4, -0.2) is 40.0 Å². The number of nitrogens with zero attached hydrogens (tertiary/aromatic N) is 2. The molecular weight excluding hydrogens is 218 g/mol. The van der Waals surface area contributed by atoms with Gasteiger partial charge in [-0.2, -0.15) is 11.8 Å². The Labute approximate surface area is 104 Å². The SMILES string of the molecule is CC(C)(C)N=C(N)N1CCSC(C)(C)CC1. The lowest BCUT2D eigenvalue weighted by molar-refractivity contribution is 0.410. The number of thioether (sulfide) groups is 1. The predicted molar refractivity (Wildman–Crippen MR) is 74.1 cm³/mol. The summed E-state index contributed by atoms with van der Waals surface area (Å²) in [5.74, 6) is 1.83. The fourth-order valence-electron chi connectivity index (χ4n) is 1.66. The fraction of sp³-hybridized carbons (Fsp3) is 0.917. The van der Waals surface area contributed by atoms with E-state index in [1.54, 1.807) is 0 Å². The molecule has 0 aromatic carbocycles. The molecule has 1 rings (SSSR count). The van der Waals surface area contributed by atoms with E-state index in [1.165, 1.54) is 0 Å². The smallest absolute Gasteiger partial charge is 0.191 e. The van der Waals surface area contributed by atoms with Crippen LogP contribution in [0.1, 0.15) is 41.0 Å². The molecule has 1 aliphatic heterocycles. The van der Waals surface area contributed by atoms with Gasteiger partial charge in [0.15, 0.2) is 5.96 Å². The summed E-state index contributed by atoms with van der Waals surface area (Å²) < 4.78 is 0.372. The van der Waals surface area contributed by atoms with Gasteiger partial charge in [-0.25, -0.2) is 4.99 Å². The Morgan fingerprint density at radius 3 is 2.50 bits per heavy atom. The maximum atomic E-state index is 6.06. The molecule has 4 heteroatoms. The second-order valence-corrected chi connectivity index (χ2v) is 7.79. The van der Waals surface area contributed by atoms with Gasteiger partial charge in [0.25, 0.3) is 0 Å². The molecule has 0 aliphatic carbocycles. The van der Waals surface area contributed by atoms with E-state index in [1.807, 2.05) is 11.8 Å². The van der Waals surface area contributed by atoms with E-state index >= 15 is 0 Å². The van der Waals surface area contributed by atoms with Crippen LogP contribution < -0.4 is 5.73 Å². The zero-order valence-corrected chi connectivity index (χ0v) is 12.0. The quantitative estimate of drug-likeness (QED) is 0.524. The number of hydrogen-bond acceptors (Lipinski definition) is 2. The molecule has 3 nitrogen and oxygen atoms in total. The van der Waals surface area contributed by atoms with Gasteiger partial charge in [-0.3, -0.25) is 0 Å². The summed E-state index contributed by atoms with van der Waals surface area (Å²) in [5.41, 5.74) is 5.97.